The average Bonchev–Trinajstić information content (AvgIpc) is 2.50. The lowest BCUT2D eigenvalue weighted by atomic mass is 10.1. The van der Waals surface area contributed by atoms with Gasteiger partial charge >= 0.3 is 0 Å². The van der Waals surface area contributed by atoms with Crippen LogP contribution in [-0.4, -0.2) is 29.3 Å². The van der Waals surface area contributed by atoms with Gasteiger partial charge in [-0.2, -0.15) is 0 Å². The molecule has 0 aliphatic carbocycles. The molecular formula is C11H17FN2O. The van der Waals surface area contributed by atoms with Gasteiger partial charge in [0.15, 0.2) is 0 Å². The van der Waals surface area contributed by atoms with Gasteiger partial charge in [0.05, 0.1) is 5.69 Å². The van der Waals surface area contributed by atoms with Crippen molar-refractivity contribution in [1.82, 2.24) is 10.1 Å². The fourth-order valence-corrected chi connectivity index (χ4v) is 2.09. The van der Waals surface area contributed by atoms with Crippen molar-refractivity contribution < 1.29 is 8.91 Å². The van der Waals surface area contributed by atoms with Crippen LogP contribution in [0.2, 0.25) is 0 Å². The highest BCUT2D eigenvalue weighted by Gasteiger charge is 2.21. The Bertz CT molecular complexity index is 318. The molecule has 0 saturated carbocycles. The second kappa shape index (κ2) is 4.31. The predicted octanol–water partition coefficient (Wildman–Crippen LogP) is 2.23. The van der Waals surface area contributed by atoms with Gasteiger partial charge in [0.25, 0.3) is 0 Å². The first kappa shape index (κ1) is 10.6. The average molecular weight is 212 g/mol. The number of rotatable bonds is 2. The van der Waals surface area contributed by atoms with E-state index < -0.39 is 6.17 Å². The van der Waals surface area contributed by atoms with Crippen molar-refractivity contribution in [3.63, 3.8) is 0 Å². The molecule has 1 fully saturated rings. The van der Waals surface area contributed by atoms with E-state index in [1.54, 1.807) is 0 Å². The summed E-state index contributed by atoms with van der Waals surface area (Å²) in [5.41, 5.74) is 2.04. The Kier molecular flexibility index (Phi) is 3.05. The van der Waals surface area contributed by atoms with Gasteiger partial charge in [-0.15, -0.1) is 0 Å². The van der Waals surface area contributed by atoms with Crippen LogP contribution in [0.3, 0.4) is 0 Å². The molecule has 1 atom stereocenters. The molecule has 4 heteroatoms. The molecule has 1 aromatic heterocycles. The number of piperidine rings is 1. The summed E-state index contributed by atoms with van der Waals surface area (Å²) in [6.07, 6.45) is 0.988. The zero-order valence-electron chi connectivity index (χ0n) is 9.29. The maximum atomic E-state index is 13.2. The Hall–Kier alpha value is -0.900. The molecule has 1 aliphatic rings. The third-order valence-corrected chi connectivity index (χ3v) is 3.01. The van der Waals surface area contributed by atoms with Crippen LogP contribution in [0.1, 0.15) is 29.9 Å². The van der Waals surface area contributed by atoms with Crippen molar-refractivity contribution in [2.45, 2.75) is 39.4 Å². The van der Waals surface area contributed by atoms with E-state index in [-0.39, 0.29) is 0 Å². The molecule has 1 saturated heterocycles. The Morgan fingerprint density at radius 2 is 2.33 bits per heavy atom. The van der Waals surface area contributed by atoms with Crippen molar-refractivity contribution in [3.8, 4) is 0 Å². The van der Waals surface area contributed by atoms with E-state index in [9.17, 15) is 4.39 Å². The summed E-state index contributed by atoms with van der Waals surface area (Å²) in [4.78, 5) is 2.14. The maximum Gasteiger partial charge on any atom is 0.138 e. The van der Waals surface area contributed by atoms with Crippen molar-refractivity contribution in [2.75, 3.05) is 13.1 Å². The van der Waals surface area contributed by atoms with Gasteiger partial charge < -0.3 is 4.52 Å². The van der Waals surface area contributed by atoms with E-state index in [1.807, 2.05) is 13.8 Å². The highest BCUT2D eigenvalue weighted by molar-refractivity contribution is 5.20. The molecule has 0 spiro atoms. The maximum absolute atomic E-state index is 13.2. The lowest BCUT2D eigenvalue weighted by Gasteiger charge is -2.28. The third kappa shape index (κ3) is 2.37. The Labute approximate surface area is 89.2 Å². The number of nitrogens with zero attached hydrogens (tertiary/aromatic N) is 2. The van der Waals surface area contributed by atoms with Gasteiger partial charge in [-0.3, -0.25) is 4.90 Å². The van der Waals surface area contributed by atoms with Gasteiger partial charge in [0.1, 0.15) is 11.9 Å². The van der Waals surface area contributed by atoms with E-state index in [1.165, 1.54) is 0 Å². The van der Waals surface area contributed by atoms with Gasteiger partial charge in [-0.25, -0.2) is 4.39 Å². The van der Waals surface area contributed by atoms with Crippen molar-refractivity contribution in [2.24, 2.45) is 0 Å². The fraction of sp³-hybridized carbons (Fsp3) is 0.727. The second-order valence-electron chi connectivity index (χ2n) is 4.28. The van der Waals surface area contributed by atoms with Gasteiger partial charge in [0.2, 0.25) is 0 Å². The molecule has 0 radical (unpaired) electrons. The molecule has 15 heavy (non-hydrogen) atoms. The zero-order valence-corrected chi connectivity index (χ0v) is 9.29. The van der Waals surface area contributed by atoms with Crippen LogP contribution in [-0.2, 0) is 6.54 Å². The molecule has 0 amide bonds. The van der Waals surface area contributed by atoms with Gasteiger partial charge in [-0.1, -0.05) is 5.16 Å². The number of hydrogen-bond donors (Lipinski definition) is 0. The number of hydrogen-bond acceptors (Lipinski definition) is 3. The minimum Gasteiger partial charge on any atom is -0.361 e. The van der Waals surface area contributed by atoms with Crippen LogP contribution in [0.15, 0.2) is 4.52 Å². The molecular weight excluding hydrogens is 195 g/mol. The van der Waals surface area contributed by atoms with E-state index in [0.29, 0.717) is 13.0 Å². The molecule has 0 aromatic carbocycles. The Morgan fingerprint density at radius 1 is 1.53 bits per heavy atom. The van der Waals surface area contributed by atoms with Crippen LogP contribution in [0.5, 0.6) is 0 Å². The second-order valence-corrected chi connectivity index (χ2v) is 4.28. The summed E-state index contributed by atoms with van der Waals surface area (Å²) in [6, 6.07) is 0. The van der Waals surface area contributed by atoms with Gasteiger partial charge in [-0.05, 0) is 33.2 Å². The van der Waals surface area contributed by atoms with Crippen LogP contribution >= 0.6 is 0 Å². The molecule has 2 rings (SSSR count). The largest absolute Gasteiger partial charge is 0.361 e. The van der Waals surface area contributed by atoms with Crippen LogP contribution in [0, 0.1) is 13.8 Å². The quantitative estimate of drug-likeness (QED) is 0.752. The number of alkyl halides is 1. The first-order valence-corrected chi connectivity index (χ1v) is 5.45. The summed E-state index contributed by atoms with van der Waals surface area (Å²) in [6.45, 7) is 6.13. The smallest absolute Gasteiger partial charge is 0.138 e. The van der Waals surface area contributed by atoms with Crippen LogP contribution in [0.25, 0.3) is 0 Å². The lowest BCUT2D eigenvalue weighted by Crippen LogP contribution is -2.36. The standard InChI is InChI=1S/C11H17FN2O/c1-8-11(9(2)15-13-8)7-14-5-3-4-10(12)6-14/h10H,3-7H2,1-2H3. The number of aromatic nitrogens is 1. The molecule has 1 aromatic rings. The summed E-state index contributed by atoms with van der Waals surface area (Å²) < 4.78 is 18.3. The van der Waals surface area contributed by atoms with Crippen LogP contribution in [0.4, 0.5) is 4.39 Å². The molecule has 0 bridgehead atoms. The van der Waals surface area contributed by atoms with E-state index in [2.05, 4.69) is 10.1 Å². The molecule has 84 valence electrons. The highest BCUT2D eigenvalue weighted by atomic mass is 19.1. The van der Waals surface area contributed by atoms with Crippen molar-refractivity contribution in [3.05, 3.63) is 17.0 Å². The summed E-state index contributed by atoms with van der Waals surface area (Å²) in [5.74, 6) is 0.855. The normalized spacial score (nSPS) is 23.3. The first-order valence-electron chi connectivity index (χ1n) is 5.45. The molecule has 2 heterocycles. The summed E-state index contributed by atoms with van der Waals surface area (Å²) in [7, 11) is 0. The predicted molar refractivity (Wildman–Crippen MR) is 55.4 cm³/mol. The number of likely N-dealkylation sites (tertiary alicyclic amines) is 1. The monoisotopic (exact) mass is 212 g/mol. The SMILES string of the molecule is Cc1noc(C)c1CN1CCCC(F)C1. The molecule has 1 unspecified atom stereocenters. The van der Waals surface area contributed by atoms with E-state index >= 15 is 0 Å². The molecule has 0 N–H and O–H groups in total. The topological polar surface area (TPSA) is 29.3 Å². The van der Waals surface area contributed by atoms with Crippen molar-refractivity contribution >= 4 is 0 Å². The zero-order chi connectivity index (χ0) is 10.8. The summed E-state index contributed by atoms with van der Waals surface area (Å²) >= 11 is 0. The first-order chi connectivity index (χ1) is 7.16. The summed E-state index contributed by atoms with van der Waals surface area (Å²) in [5, 5.41) is 3.91. The third-order valence-electron chi connectivity index (χ3n) is 3.01. The Morgan fingerprint density at radius 3 is 2.93 bits per heavy atom. The highest BCUT2D eigenvalue weighted by Crippen LogP contribution is 2.19. The van der Waals surface area contributed by atoms with Crippen LogP contribution < -0.4 is 0 Å². The van der Waals surface area contributed by atoms with E-state index in [4.69, 9.17) is 4.52 Å². The fourth-order valence-electron chi connectivity index (χ4n) is 2.09. The number of halogens is 1. The minimum absolute atomic E-state index is 0.546. The van der Waals surface area contributed by atoms with Crippen molar-refractivity contribution in [1.29, 1.82) is 0 Å². The van der Waals surface area contributed by atoms with Gasteiger partial charge in [0, 0.05) is 18.7 Å². The molecule has 1 aliphatic heterocycles. The number of aryl methyl sites for hydroxylation is 2. The Balaban J connectivity index is 2.02. The minimum atomic E-state index is -0.667. The van der Waals surface area contributed by atoms with E-state index in [0.717, 1.165) is 36.5 Å². The lowest BCUT2D eigenvalue weighted by molar-refractivity contribution is 0.132. The molecule has 3 nitrogen and oxygen atoms in total.